The average Bonchev–Trinajstić information content (AvgIpc) is 2.86. The first-order chi connectivity index (χ1) is 9.08. The minimum Gasteiger partial charge on any atom is -0.368 e. The van der Waals surface area contributed by atoms with Crippen LogP contribution in [0.4, 0.5) is 0 Å². The van der Waals surface area contributed by atoms with E-state index in [1.165, 1.54) is 0 Å². The molecule has 1 amide bonds. The molecule has 0 bridgehead atoms. The van der Waals surface area contributed by atoms with Crippen molar-refractivity contribution in [2.45, 2.75) is 19.0 Å². The Morgan fingerprint density at radius 1 is 1.47 bits per heavy atom. The first kappa shape index (κ1) is 12.9. The van der Waals surface area contributed by atoms with Crippen LogP contribution in [0.5, 0.6) is 0 Å². The van der Waals surface area contributed by atoms with Crippen LogP contribution in [-0.2, 0) is 0 Å². The topological polar surface area (TPSA) is 84.8 Å². The lowest BCUT2D eigenvalue weighted by atomic mass is 10.1. The minimum atomic E-state index is -0.334. The van der Waals surface area contributed by atoms with Crippen molar-refractivity contribution in [3.8, 4) is 0 Å². The van der Waals surface area contributed by atoms with Crippen molar-refractivity contribution < 1.29 is 4.79 Å². The molecule has 1 aromatic heterocycles. The maximum atomic E-state index is 12.2. The zero-order valence-corrected chi connectivity index (χ0v) is 13.0. The van der Waals surface area contributed by atoms with Gasteiger partial charge in [0.2, 0.25) is 5.96 Å². The minimum absolute atomic E-state index is 0.117. The van der Waals surface area contributed by atoms with Gasteiger partial charge in [0.15, 0.2) is 6.17 Å². The molecule has 6 nitrogen and oxygen atoms in total. The van der Waals surface area contributed by atoms with Crippen LogP contribution < -0.4 is 11.1 Å². The molecular formula is C11H11Br2N5O. The third kappa shape index (κ3) is 2.12. The van der Waals surface area contributed by atoms with Gasteiger partial charge in [0, 0.05) is 6.54 Å². The molecule has 1 aromatic rings. The van der Waals surface area contributed by atoms with Crippen LogP contribution in [0.3, 0.4) is 0 Å². The van der Waals surface area contributed by atoms with Gasteiger partial charge in [-0.3, -0.25) is 4.79 Å². The number of hydrogen-bond acceptors (Lipinski definition) is 4. The fourth-order valence-corrected chi connectivity index (χ4v) is 3.18. The smallest absolute Gasteiger partial charge is 0.268 e. The average molecular weight is 389 g/mol. The zero-order chi connectivity index (χ0) is 13.6. The van der Waals surface area contributed by atoms with Gasteiger partial charge in [-0.1, -0.05) is 0 Å². The lowest BCUT2D eigenvalue weighted by molar-refractivity contribution is 0.0944. The molecule has 3 rings (SSSR count). The fourth-order valence-electron chi connectivity index (χ4n) is 2.27. The van der Waals surface area contributed by atoms with Crippen LogP contribution >= 0.6 is 31.9 Å². The number of fused-ring (bicyclic) bond motifs is 3. The number of hydrogen-bond donors (Lipinski definition) is 2. The molecular weight excluding hydrogens is 378 g/mol. The van der Waals surface area contributed by atoms with E-state index in [-0.39, 0.29) is 18.0 Å². The normalized spacial score (nSPS) is 22.4. The third-order valence-electron chi connectivity index (χ3n) is 3.11. The van der Waals surface area contributed by atoms with E-state index >= 15 is 0 Å². The molecule has 0 aliphatic carbocycles. The van der Waals surface area contributed by atoms with Crippen LogP contribution in [0, 0.1) is 0 Å². The van der Waals surface area contributed by atoms with Crippen molar-refractivity contribution in [1.82, 2.24) is 9.88 Å². The number of nitrogens with one attached hydrogen (secondary N) is 1. The number of carbonyl (C=O) groups is 1. The summed E-state index contributed by atoms with van der Waals surface area (Å²) in [6, 6.07) is 1.77. The number of rotatable bonds is 0. The second-order valence-electron chi connectivity index (χ2n) is 4.36. The van der Waals surface area contributed by atoms with Crippen LogP contribution in [0.25, 0.3) is 0 Å². The first-order valence-corrected chi connectivity index (χ1v) is 7.41. The molecule has 0 radical (unpaired) electrons. The number of nitrogens with zero attached hydrogens (tertiary/aromatic N) is 3. The number of amides is 1. The number of guanidine groups is 1. The summed E-state index contributed by atoms with van der Waals surface area (Å²) in [5.41, 5.74) is 7.13. The second-order valence-corrected chi connectivity index (χ2v) is 5.97. The van der Waals surface area contributed by atoms with Crippen LogP contribution in [0.2, 0.25) is 0 Å². The molecule has 100 valence electrons. The molecule has 19 heavy (non-hydrogen) atoms. The van der Waals surface area contributed by atoms with E-state index in [0.29, 0.717) is 12.2 Å². The Hall–Kier alpha value is -1.15. The van der Waals surface area contributed by atoms with Gasteiger partial charge in [-0.15, -0.1) is 0 Å². The molecule has 0 aromatic carbocycles. The molecule has 3 heterocycles. The molecule has 0 saturated carbocycles. The van der Waals surface area contributed by atoms with Crippen molar-refractivity contribution >= 4 is 49.4 Å². The number of aromatic nitrogens is 1. The Balaban J connectivity index is 2.19. The van der Waals surface area contributed by atoms with E-state index in [9.17, 15) is 4.79 Å². The van der Waals surface area contributed by atoms with Crippen molar-refractivity contribution in [3.05, 3.63) is 20.8 Å². The lowest BCUT2D eigenvalue weighted by Crippen LogP contribution is -2.26. The fraction of sp³-hybridized carbons (Fsp3) is 0.364. The van der Waals surface area contributed by atoms with Gasteiger partial charge in [0.25, 0.3) is 5.91 Å². The standard InChI is InChI=1S/C11H11Br2N5O/c12-5-4-7-10(19)15-3-1-2-6-9(17-11(14)16-6)18(7)8(5)13/h4,9H,1-3H2,(H2,14,17)(H,15,19)/t9-/m0/s1. The zero-order valence-electron chi connectivity index (χ0n) is 9.86. The summed E-state index contributed by atoms with van der Waals surface area (Å²) < 4.78 is 3.37. The van der Waals surface area contributed by atoms with Gasteiger partial charge in [0.05, 0.1) is 10.2 Å². The highest BCUT2D eigenvalue weighted by atomic mass is 79.9. The molecule has 0 fully saturated rings. The quantitative estimate of drug-likeness (QED) is 0.710. The summed E-state index contributed by atoms with van der Waals surface area (Å²) in [5.74, 6) is 0.150. The van der Waals surface area contributed by atoms with Gasteiger partial charge in [-0.2, -0.15) is 0 Å². The highest BCUT2D eigenvalue weighted by Gasteiger charge is 2.30. The molecule has 1 atom stereocenters. The Morgan fingerprint density at radius 3 is 3.05 bits per heavy atom. The third-order valence-corrected chi connectivity index (χ3v) is 5.06. The summed E-state index contributed by atoms with van der Waals surface area (Å²) >= 11 is 6.90. The van der Waals surface area contributed by atoms with E-state index in [0.717, 1.165) is 27.6 Å². The van der Waals surface area contributed by atoms with Gasteiger partial charge >= 0.3 is 0 Å². The molecule has 8 heteroatoms. The van der Waals surface area contributed by atoms with Gasteiger partial charge < -0.3 is 15.6 Å². The van der Waals surface area contributed by atoms with Crippen molar-refractivity contribution in [2.24, 2.45) is 15.7 Å². The Morgan fingerprint density at radius 2 is 2.26 bits per heavy atom. The molecule has 0 unspecified atom stereocenters. The maximum absolute atomic E-state index is 12.2. The lowest BCUT2D eigenvalue weighted by Gasteiger charge is -2.15. The largest absolute Gasteiger partial charge is 0.368 e. The van der Waals surface area contributed by atoms with E-state index < -0.39 is 0 Å². The van der Waals surface area contributed by atoms with E-state index in [2.05, 4.69) is 47.2 Å². The predicted octanol–water partition coefficient (Wildman–Crippen LogP) is 1.80. The van der Waals surface area contributed by atoms with Crippen LogP contribution in [0.15, 0.2) is 25.1 Å². The second kappa shape index (κ2) is 4.75. The Kier molecular flexibility index (Phi) is 3.22. The maximum Gasteiger partial charge on any atom is 0.268 e. The van der Waals surface area contributed by atoms with E-state index in [1.807, 2.05) is 4.57 Å². The highest BCUT2D eigenvalue weighted by Crippen LogP contribution is 2.34. The predicted molar refractivity (Wildman–Crippen MR) is 79.5 cm³/mol. The summed E-state index contributed by atoms with van der Waals surface area (Å²) in [4.78, 5) is 20.8. The van der Waals surface area contributed by atoms with E-state index in [1.54, 1.807) is 6.07 Å². The van der Waals surface area contributed by atoms with Crippen molar-refractivity contribution in [2.75, 3.05) is 6.54 Å². The Labute approximate surface area is 126 Å². The molecule has 2 aliphatic heterocycles. The molecule has 2 aliphatic rings. The summed E-state index contributed by atoms with van der Waals surface area (Å²) in [5, 5.41) is 2.89. The van der Waals surface area contributed by atoms with Gasteiger partial charge in [-0.25, -0.2) is 9.98 Å². The molecule has 3 N–H and O–H groups in total. The first-order valence-electron chi connectivity index (χ1n) is 5.83. The highest BCUT2D eigenvalue weighted by molar-refractivity contribution is 9.13. The number of aliphatic imine (C=N–C) groups is 2. The Bertz CT molecular complexity index is 619. The van der Waals surface area contributed by atoms with Gasteiger partial charge in [-0.05, 0) is 50.8 Å². The van der Waals surface area contributed by atoms with E-state index in [4.69, 9.17) is 5.73 Å². The van der Waals surface area contributed by atoms with Crippen LogP contribution in [-0.4, -0.2) is 28.7 Å². The van der Waals surface area contributed by atoms with Crippen molar-refractivity contribution in [1.29, 1.82) is 0 Å². The summed E-state index contributed by atoms with van der Waals surface area (Å²) in [6.07, 6.45) is 1.25. The summed E-state index contributed by atoms with van der Waals surface area (Å²) in [6.45, 7) is 0.616. The number of carbonyl (C=O) groups excluding carboxylic acids is 1. The van der Waals surface area contributed by atoms with Gasteiger partial charge in [0.1, 0.15) is 10.3 Å². The summed E-state index contributed by atoms with van der Waals surface area (Å²) in [7, 11) is 0. The molecule has 0 spiro atoms. The number of halogens is 2. The van der Waals surface area contributed by atoms with Crippen LogP contribution in [0.1, 0.15) is 29.5 Å². The SMILES string of the molecule is NC1=N[C@@H]2C(=N1)CCCNC(=O)c1cc(Br)c(Br)n12. The number of nitrogens with two attached hydrogens (primary N) is 1. The van der Waals surface area contributed by atoms with Crippen molar-refractivity contribution in [3.63, 3.8) is 0 Å². The monoisotopic (exact) mass is 387 g/mol. The molecule has 0 saturated heterocycles.